The molecule has 7 nitrogen and oxygen atoms in total. The van der Waals surface area contributed by atoms with Gasteiger partial charge in [0.1, 0.15) is 5.75 Å². The van der Waals surface area contributed by atoms with Gasteiger partial charge in [-0.05, 0) is 25.5 Å². The SMILES string of the molecule is COCCCNC(=O)C(C)Oc1cc(N)ccc1C(N)=O. The Bertz CT molecular complexity index is 505. The summed E-state index contributed by atoms with van der Waals surface area (Å²) in [5.74, 6) is -0.733. The first-order valence-electron chi connectivity index (χ1n) is 6.58. The van der Waals surface area contributed by atoms with Crippen LogP contribution in [-0.4, -0.2) is 38.2 Å². The summed E-state index contributed by atoms with van der Waals surface area (Å²) in [6.45, 7) is 2.64. The lowest BCUT2D eigenvalue weighted by molar-refractivity contribution is -0.127. The minimum absolute atomic E-state index is 0.184. The van der Waals surface area contributed by atoms with Gasteiger partial charge in [0.25, 0.3) is 11.8 Å². The molecule has 0 spiro atoms. The fourth-order valence-corrected chi connectivity index (χ4v) is 1.66. The zero-order valence-corrected chi connectivity index (χ0v) is 12.2. The molecule has 0 aromatic heterocycles. The van der Waals surface area contributed by atoms with E-state index in [0.29, 0.717) is 25.3 Å². The van der Waals surface area contributed by atoms with Gasteiger partial charge in [0.05, 0.1) is 5.56 Å². The summed E-state index contributed by atoms with van der Waals surface area (Å²) in [5, 5.41) is 2.71. The predicted molar refractivity (Wildman–Crippen MR) is 79.0 cm³/mol. The second kappa shape index (κ2) is 8.11. The molecule has 0 heterocycles. The van der Waals surface area contributed by atoms with Crippen LogP contribution in [0.25, 0.3) is 0 Å². The van der Waals surface area contributed by atoms with Crippen LogP contribution in [0.4, 0.5) is 5.69 Å². The number of nitrogen functional groups attached to an aromatic ring is 1. The monoisotopic (exact) mass is 295 g/mol. The minimum Gasteiger partial charge on any atom is -0.480 e. The quantitative estimate of drug-likeness (QED) is 0.470. The lowest BCUT2D eigenvalue weighted by atomic mass is 10.1. The van der Waals surface area contributed by atoms with Crippen LogP contribution in [0.3, 0.4) is 0 Å². The third-order valence-electron chi connectivity index (χ3n) is 2.77. The van der Waals surface area contributed by atoms with Gasteiger partial charge < -0.3 is 26.3 Å². The first-order valence-corrected chi connectivity index (χ1v) is 6.58. The number of carbonyl (C=O) groups is 2. The van der Waals surface area contributed by atoms with Gasteiger partial charge in [0.2, 0.25) is 0 Å². The topological polar surface area (TPSA) is 117 Å². The number of anilines is 1. The zero-order valence-electron chi connectivity index (χ0n) is 12.2. The first-order chi connectivity index (χ1) is 9.95. The summed E-state index contributed by atoms with van der Waals surface area (Å²) in [4.78, 5) is 23.2. The van der Waals surface area contributed by atoms with E-state index in [1.165, 1.54) is 12.1 Å². The van der Waals surface area contributed by atoms with Crippen molar-refractivity contribution in [2.24, 2.45) is 5.73 Å². The van der Waals surface area contributed by atoms with E-state index < -0.39 is 12.0 Å². The van der Waals surface area contributed by atoms with E-state index in [9.17, 15) is 9.59 Å². The lowest BCUT2D eigenvalue weighted by Crippen LogP contribution is -2.37. The van der Waals surface area contributed by atoms with Crippen molar-refractivity contribution in [1.29, 1.82) is 0 Å². The van der Waals surface area contributed by atoms with Crippen LogP contribution in [0.15, 0.2) is 18.2 Å². The number of methoxy groups -OCH3 is 1. The van der Waals surface area contributed by atoms with E-state index in [4.69, 9.17) is 20.9 Å². The lowest BCUT2D eigenvalue weighted by Gasteiger charge is -2.16. The Hall–Kier alpha value is -2.28. The van der Waals surface area contributed by atoms with Crippen LogP contribution in [0.5, 0.6) is 5.75 Å². The van der Waals surface area contributed by atoms with E-state index in [-0.39, 0.29) is 17.2 Å². The summed E-state index contributed by atoms with van der Waals surface area (Å²) in [6.07, 6.45) is -0.0628. The summed E-state index contributed by atoms with van der Waals surface area (Å²) in [6, 6.07) is 4.48. The Morgan fingerprint density at radius 2 is 2.10 bits per heavy atom. The van der Waals surface area contributed by atoms with Crippen LogP contribution in [0.1, 0.15) is 23.7 Å². The number of hydrogen-bond donors (Lipinski definition) is 3. The maximum absolute atomic E-state index is 11.9. The number of amides is 2. The second-order valence-electron chi connectivity index (χ2n) is 4.52. The van der Waals surface area contributed by atoms with Gasteiger partial charge in [-0.3, -0.25) is 9.59 Å². The number of carbonyl (C=O) groups excluding carboxylic acids is 2. The molecule has 0 aliphatic rings. The molecule has 7 heteroatoms. The van der Waals surface area contributed by atoms with Gasteiger partial charge in [-0.2, -0.15) is 0 Å². The van der Waals surface area contributed by atoms with Crippen molar-refractivity contribution in [3.05, 3.63) is 23.8 Å². The smallest absolute Gasteiger partial charge is 0.260 e. The molecule has 0 radical (unpaired) electrons. The highest BCUT2D eigenvalue weighted by Gasteiger charge is 2.18. The van der Waals surface area contributed by atoms with E-state index in [1.807, 2.05) is 0 Å². The summed E-state index contributed by atoms with van der Waals surface area (Å²) >= 11 is 0. The third-order valence-corrected chi connectivity index (χ3v) is 2.77. The van der Waals surface area contributed by atoms with Gasteiger partial charge in [0.15, 0.2) is 6.10 Å². The molecule has 0 saturated carbocycles. The molecule has 2 amide bonds. The second-order valence-corrected chi connectivity index (χ2v) is 4.52. The van der Waals surface area contributed by atoms with Crippen molar-refractivity contribution in [2.45, 2.75) is 19.4 Å². The molecule has 0 aliphatic carbocycles. The largest absolute Gasteiger partial charge is 0.480 e. The molecule has 0 bridgehead atoms. The highest BCUT2D eigenvalue weighted by atomic mass is 16.5. The Morgan fingerprint density at radius 1 is 1.38 bits per heavy atom. The number of hydrogen-bond acceptors (Lipinski definition) is 5. The average Bonchev–Trinajstić information content (AvgIpc) is 2.43. The molecule has 0 aliphatic heterocycles. The molecule has 5 N–H and O–H groups in total. The molecule has 0 saturated heterocycles. The number of nitrogens with one attached hydrogen (secondary N) is 1. The Balaban J connectivity index is 2.65. The number of primary amides is 1. The normalized spacial score (nSPS) is 11.7. The van der Waals surface area contributed by atoms with Crippen molar-refractivity contribution in [3.63, 3.8) is 0 Å². The van der Waals surface area contributed by atoms with Crippen molar-refractivity contribution < 1.29 is 19.1 Å². The number of benzene rings is 1. The molecule has 1 aromatic rings. The summed E-state index contributed by atoms with van der Waals surface area (Å²) in [5.41, 5.74) is 11.5. The van der Waals surface area contributed by atoms with E-state index >= 15 is 0 Å². The van der Waals surface area contributed by atoms with Crippen LogP contribution >= 0.6 is 0 Å². The van der Waals surface area contributed by atoms with Gasteiger partial charge in [-0.1, -0.05) is 0 Å². The first kappa shape index (κ1) is 16.8. The maximum atomic E-state index is 11.9. The predicted octanol–water partition coefficient (Wildman–Crippen LogP) is 0.288. The fourth-order valence-electron chi connectivity index (χ4n) is 1.66. The third kappa shape index (κ3) is 5.31. The Kier molecular flexibility index (Phi) is 6.48. The van der Waals surface area contributed by atoms with Crippen LogP contribution in [-0.2, 0) is 9.53 Å². The molecule has 1 atom stereocenters. The summed E-state index contributed by atoms with van der Waals surface area (Å²) in [7, 11) is 1.60. The van der Waals surface area contributed by atoms with Crippen LogP contribution in [0.2, 0.25) is 0 Å². The number of ether oxygens (including phenoxy) is 2. The van der Waals surface area contributed by atoms with E-state index in [2.05, 4.69) is 5.32 Å². The van der Waals surface area contributed by atoms with Crippen LogP contribution < -0.4 is 21.5 Å². The molecule has 1 aromatic carbocycles. The van der Waals surface area contributed by atoms with Gasteiger partial charge in [-0.25, -0.2) is 0 Å². The van der Waals surface area contributed by atoms with Crippen molar-refractivity contribution >= 4 is 17.5 Å². The van der Waals surface area contributed by atoms with Gasteiger partial charge >= 0.3 is 0 Å². The van der Waals surface area contributed by atoms with E-state index in [0.717, 1.165) is 0 Å². The molecular formula is C14H21N3O4. The molecule has 1 rings (SSSR count). The van der Waals surface area contributed by atoms with E-state index in [1.54, 1.807) is 20.1 Å². The minimum atomic E-state index is -0.771. The Labute approximate surface area is 123 Å². The van der Waals surface area contributed by atoms with Gasteiger partial charge in [0, 0.05) is 32.0 Å². The van der Waals surface area contributed by atoms with Crippen molar-refractivity contribution in [3.8, 4) is 5.75 Å². The Morgan fingerprint density at radius 3 is 2.71 bits per heavy atom. The van der Waals surface area contributed by atoms with Crippen molar-refractivity contribution in [1.82, 2.24) is 5.32 Å². The molecule has 1 unspecified atom stereocenters. The fraction of sp³-hybridized carbons (Fsp3) is 0.429. The van der Waals surface area contributed by atoms with Gasteiger partial charge in [-0.15, -0.1) is 0 Å². The molecule has 0 fully saturated rings. The zero-order chi connectivity index (χ0) is 15.8. The molecular weight excluding hydrogens is 274 g/mol. The average molecular weight is 295 g/mol. The molecule has 21 heavy (non-hydrogen) atoms. The summed E-state index contributed by atoms with van der Waals surface area (Å²) < 4.78 is 10.4. The van der Waals surface area contributed by atoms with Crippen LogP contribution in [0, 0.1) is 0 Å². The molecule has 116 valence electrons. The highest BCUT2D eigenvalue weighted by Crippen LogP contribution is 2.22. The van der Waals surface area contributed by atoms with Crippen molar-refractivity contribution in [2.75, 3.05) is 26.0 Å². The maximum Gasteiger partial charge on any atom is 0.260 e. The number of nitrogens with two attached hydrogens (primary N) is 2. The highest BCUT2D eigenvalue weighted by molar-refractivity contribution is 5.96. The standard InChI is InChI=1S/C14H21N3O4/c1-9(14(19)17-6-3-7-20-2)21-12-8-10(15)4-5-11(12)13(16)18/h4-5,8-9H,3,6-7,15H2,1-2H3,(H2,16,18)(H,17,19). The number of rotatable bonds is 8.